The Balaban J connectivity index is 2.00. The Morgan fingerprint density at radius 1 is 1.20 bits per heavy atom. The van der Waals surface area contributed by atoms with Gasteiger partial charge in [-0.05, 0) is 18.8 Å². The fourth-order valence-electron chi connectivity index (χ4n) is 3.21. The van der Waals surface area contributed by atoms with Gasteiger partial charge < -0.3 is 19.7 Å². The molecule has 0 unspecified atom stereocenters. The number of aliphatic hydroxyl groups is 2. The molecule has 3 saturated carbocycles. The Morgan fingerprint density at radius 2 is 1.87 bits per heavy atom. The van der Waals surface area contributed by atoms with Crippen LogP contribution in [0.25, 0.3) is 0 Å². The van der Waals surface area contributed by atoms with Gasteiger partial charge in [-0.25, -0.2) is 0 Å². The van der Waals surface area contributed by atoms with Gasteiger partial charge in [0.05, 0.1) is 19.3 Å². The minimum absolute atomic E-state index is 0.0949. The summed E-state index contributed by atoms with van der Waals surface area (Å²) in [4.78, 5) is 0. The lowest BCUT2D eigenvalue weighted by Gasteiger charge is -2.57. The molecule has 5 heteroatoms. The van der Waals surface area contributed by atoms with Crippen LogP contribution in [0.4, 0.5) is 0 Å². The third-order valence-electron chi connectivity index (χ3n) is 4.07. The molecule has 4 fully saturated rings. The molecule has 4 rings (SSSR count). The zero-order chi connectivity index (χ0) is 10.7. The van der Waals surface area contributed by atoms with Gasteiger partial charge in [0, 0.05) is 6.42 Å². The van der Waals surface area contributed by atoms with Gasteiger partial charge in [0.1, 0.15) is 10.4 Å². The van der Waals surface area contributed by atoms with Crippen molar-refractivity contribution in [2.24, 2.45) is 5.92 Å². The SMILES string of the molecule is O[C@H]1[C@H]2CC[C@@](Br)([C@H]1O)C1(C2)OCCO1. The van der Waals surface area contributed by atoms with E-state index in [0.717, 1.165) is 12.8 Å². The normalized spacial score (nSPS) is 52.6. The van der Waals surface area contributed by atoms with E-state index in [1.165, 1.54) is 0 Å². The average Bonchev–Trinajstić information content (AvgIpc) is 2.68. The van der Waals surface area contributed by atoms with E-state index in [0.29, 0.717) is 19.6 Å². The van der Waals surface area contributed by atoms with Crippen molar-refractivity contribution in [3.05, 3.63) is 0 Å². The van der Waals surface area contributed by atoms with Crippen molar-refractivity contribution in [1.82, 2.24) is 0 Å². The predicted molar refractivity (Wildman–Crippen MR) is 55.6 cm³/mol. The van der Waals surface area contributed by atoms with Crippen LogP contribution < -0.4 is 0 Å². The van der Waals surface area contributed by atoms with Crippen LogP contribution >= 0.6 is 15.9 Å². The molecule has 3 aliphatic carbocycles. The summed E-state index contributed by atoms with van der Waals surface area (Å²) in [6.07, 6.45) is 0.921. The van der Waals surface area contributed by atoms with E-state index in [9.17, 15) is 10.2 Å². The van der Waals surface area contributed by atoms with Crippen LogP contribution in [0.3, 0.4) is 0 Å². The molecule has 86 valence electrons. The topological polar surface area (TPSA) is 58.9 Å². The van der Waals surface area contributed by atoms with Gasteiger partial charge in [-0.2, -0.15) is 0 Å². The summed E-state index contributed by atoms with van der Waals surface area (Å²) in [5, 5.41) is 20.0. The molecule has 4 aliphatic rings. The van der Waals surface area contributed by atoms with E-state index in [4.69, 9.17) is 9.47 Å². The van der Waals surface area contributed by atoms with Crippen molar-refractivity contribution in [3.63, 3.8) is 0 Å². The predicted octanol–water partition coefficient (Wildman–Crippen LogP) is 0.399. The van der Waals surface area contributed by atoms with Crippen molar-refractivity contribution in [2.45, 2.75) is 41.6 Å². The van der Waals surface area contributed by atoms with Gasteiger partial charge in [0.25, 0.3) is 0 Å². The van der Waals surface area contributed by atoms with E-state index in [1.54, 1.807) is 0 Å². The Hall–Kier alpha value is 0.320. The second kappa shape index (κ2) is 3.17. The van der Waals surface area contributed by atoms with Crippen LogP contribution in [0.15, 0.2) is 0 Å². The molecular formula is C10H15BrO4. The lowest BCUT2D eigenvalue weighted by atomic mass is 9.63. The van der Waals surface area contributed by atoms with Crippen molar-refractivity contribution >= 4 is 15.9 Å². The largest absolute Gasteiger partial charge is 0.390 e. The van der Waals surface area contributed by atoms with Gasteiger partial charge in [0.15, 0.2) is 5.79 Å². The van der Waals surface area contributed by atoms with E-state index < -0.39 is 22.3 Å². The van der Waals surface area contributed by atoms with Gasteiger partial charge in [0.2, 0.25) is 0 Å². The minimum Gasteiger partial charge on any atom is -0.390 e. The fourth-order valence-corrected chi connectivity index (χ4v) is 4.10. The van der Waals surface area contributed by atoms with E-state index in [2.05, 4.69) is 15.9 Å². The molecule has 4 nitrogen and oxygen atoms in total. The van der Waals surface area contributed by atoms with Crippen molar-refractivity contribution in [1.29, 1.82) is 0 Å². The second-order valence-electron chi connectivity index (χ2n) is 4.75. The first kappa shape index (κ1) is 10.5. The highest BCUT2D eigenvalue weighted by molar-refractivity contribution is 9.10. The highest BCUT2D eigenvalue weighted by Crippen LogP contribution is 2.58. The molecular weight excluding hydrogens is 264 g/mol. The van der Waals surface area contributed by atoms with Crippen LogP contribution in [-0.2, 0) is 9.47 Å². The molecule has 0 aromatic heterocycles. The maximum Gasteiger partial charge on any atom is 0.186 e. The van der Waals surface area contributed by atoms with Crippen LogP contribution in [0.5, 0.6) is 0 Å². The highest BCUT2D eigenvalue weighted by atomic mass is 79.9. The van der Waals surface area contributed by atoms with Crippen molar-refractivity contribution < 1.29 is 19.7 Å². The van der Waals surface area contributed by atoms with Gasteiger partial charge in [-0.15, -0.1) is 0 Å². The standard InChI is InChI=1S/C10H15BrO4/c11-9-2-1-6(7(12)8(9)13)5-10(9)14-3-4-15-10/h6-8,12-13H,1-5H2/t6-,7-,8-,9+/m0/s1. The Kier molecular flexibility index (Phi) is 2.21. The molecule has 1 saturated heterocycles. The number of alkyl halides is 1. The summed E-state index contributed by atoms with van der Waals surface area (Å²) in [5.74, 6) is -0.619. The number of fused-ring (bicyclic) bond motifs is 2. The molecule has 0 aromatic carbocycles. The van der Waals surface area contributed by atoms with Gasteiger partial charge >= 0.3 is 0 Å². The maximum absolute atomic E-state index is 10.1. The zero-order valence-electron chi connectivity index (χ0n) is 8.36. The maximum atomic E-state index is 10.1. The summed E-state index contributed by atoms with van der Waals surface area (Å²) >= 11 is 3.56. The zero-order valence-corrected chi connectivity index (χ0v) is 9.94. The summed E-state index contributed by atoms with van der Waals surface area (Å²) in [6, 6.07) is 0. The molecule has 0 radical (unpaired) electrons. The first-order valence-electron chi connectivity index (χ1n) is 5.42. The molecule has 15 heavy (non-hydrogen) atoms. The monoisotopic (exact) mass is 278 g/mol. The molecule has 2 N–H and O–H groups in total. The minimum atomic E-state index is -0.803. The molecule has 1 aliphatic heterocycles. The van der Waals surface area contributed by atoms with Crippen molar-refractivity contribution in [3.8, 4) is 0 Å². The van der Waals surface area contributed by atoms with Gasteiger partial charge in [-0.3, -0.25) is 0 Å². The van der Waals surface area contributed by atoms with E-state index in [-0.39, 0.29) is 5.92 Å². The molecule has 1 heterocycles. The van der Waals surface area contributed by atoms with E-state index in [1.807, 2.05) is 0 Å². The third kappa shape index (κ3) is 1.16. The summed E-state index contributed by atoms with van der Waals surface area (Å²) in [7, 11) is 0. The second-order valence-corrected chi connectivity index (χ2v) is 6.17. The molecule has 2 bridgehead atoms. The number of hydrogen-bond donors (Lipinski definition) is 2. The molecule has 0 aromatic rings. The van der Waals surface area contributed by atoms with E-state index >= 15 is 0 Å². The first-order chi connectivity index (χ1) is 7.09. The number of ether oxygens (including phenoxy) is 2. The van der Waals surface area contributed by atoms with Crippen LogP contribution in [0.2, 0.25) is 0 Å². The quantitative estimate of drug-likeness (QED) is 0.630. The number of aliphatic hydroxyl groups excluding tert-OH is 2. The first-order valence-corrected chi connectivity index (χ1v) is 6.21. The number of rotatable bonds is 0. The summed E-state index contributed by atoms with van der Waals surface area (Å²) in [5.41, 5.74) is 0. The summed E-state index contributed by atoms with van der Waals surface area (Å²) < 4.78 is 10.8. The number of hydrogen-bond acceptors (Lipinski definition) is 4. The molecule has 1 spiro atoms. The smallest absolute Gasteiger partial charge is 0.186 e. The Morgan fingerprint density at radius 3 is 2.53 bits per heavy atom. The lowest BCUT2D eigenvalue weighted by molar-refractivity contribution is -0.270. The average molecular weight is 279 g/mol. The summed E-state index contributed by atoms with van der Waals surface area (Å²) in [6.45, 7) is 1.14. The lowest BCUT2D eigenvalue weighted by Crippen LogP contribution is -2.70. The fraction of sp³-hybridized carbons (Fsp3) is 1.00. The Labute approximate surface area is 96.7 Å². The van der Waals surface area contributed by atoms with Gasteiger partial charge in [-0.1, -0.05) is 15.9 Å². The van der Waals surface area contributed by atoms with Crippen LogP contribution in [0, 0.1) is 5.92 Å². The van der Waals surface area contributed by atoms with Crippen molar-refractivity contribution in [2.75, 3.05) is 13.2 Å². The van der Waals surface area contributed by atoms with Crippen LogP contribution in [0.1, 0.15) is 19.3 Å². The molecule has 4 atom stereocenters. The highest BCUT2D eigenvalue weighted by Gasteiger charge is 2.67. The third-order valence-corrected chi connectivity index (χ3v) is 5.54. The molecule has 0 amide bonds. The Bertz CT molecular complexity index is 279. The van der Waals surface area contributed by atoms with Crippen LogP contribution in [-0.4, -0.2) is 45.7 Å². The number of halogens is 1.